The summed E-state index contributed by atoms with van der Waals surface area (Å²) in [7, 11) is -3.57. The van der Waals surface area contributed by atoms with Gasteiger partial charge in [0.25, 0.3) is 0 Å². The lowest BCUT2D eigenvalue weighted by Crippen LogP contribution is -2.37. The first-order valence-corrected chi connectivity index (χ1v) is 15.2. The molecule has 0 aromatic rings. The SMILES string of the molecule is C=CC[C@H](SC(C)=O)P(=O)(O[C@@H]1C[C@H](C)CC[C@H]1C(C)C)O[C@@H]1C[C@H](C)CC[C@H]1C(C)C. The zero-order valence-electron chi connectivity index (χ0n) is 21.4. The van der Waals surface area contributed by atoms with E-state index in [0.717, 1.165) is 37.4 Å². The number of carbonyl (C=O) groups excluding carboxylic acids is 1. The Bertz CT molecular complexity index is 626. The summed E-state index contributed by atoms with van der Waals surface area (Å²) in [5, 5.41) is -0.0564. The van der Waals surface area contributed by atoms with Gasteiger partial charge in [0, 0.05) is 6.92 Å². The molecular weight excluding hydrogens is 439 g/mol. The second-order valence-electron chi connectivity index (χ2n) is 11.1. The maximum atomic E-state index is 14.7. The van der Waals surface area contributed by atoms with E-state index in [9.17, 15) is 9.36 Å². The molecule has 2 fully saturated rings. The molecule has 186 valence electrons. The van der Waals surface area contributed by atoms with E-state index in [1.807, 2.05) is 0 Å². The molecule has 7 atom stereocenters. The summed E-state index contributed by atoms with van der Waals surface area (Å²) in [6.45, 7) is 18.8. The largest absolute Gasteiger partial charge is 0.344 e. The smallest absolute Gasteiger partial charge is 0.304 e. The highest BCUT2D eigenvalue weighted by Crippen LogP contribution is 2.63. The van der Waals surface area contributed by atoms with Gasteiger partial charge in [0.2, 0.25) is 0 Å². The molecule has 32 heavy (non-hydrogen) atoms. The fourth-order valence-electron chi connectivity index (χ4n) is 5.59. The van der Waals surface area contributed by atoms with Crippen molar-refractivity contribution in [1.29, 1.82) is 0 Å². The number of carbonyl (C=O) groups is 1. The zero-order valence-corrected chi connectivity index (χ0v) is 23.1. The molecule has 0 N–H and O–H groups in total. The monoisotopic (exact) mass is 486 g/mol. The number of rotatable bonds is 10. The molecule has 0 saturated heterocycles. The molecule has 2 rings (SSSR count). The molecule has 0 spiro atoms. The van der Waals surface area contributed by atoms with Crippen LogP contribution >= 0.6 is 19.4 Å². The van der Waals surface area contributed by atoms with E-state index in [2.05, 4.69) is 48.1 Å². The third-order valence-electron chi connectivity index (χ3n) is 7.51. The molecule has 0 amide bonds. The van der Waals surface area contributed by atoms with E-state index in [0.29, 0.717) is 41.9 Å². The van der Waals surface area contributed by atoms with Gasteiger partial charge >= 0.3 is 7.60 Å². The van der Waals surface area contributed by atoms with Crippen LogP contribution in [0, 0.1) is 35.5 Å². The average molecular weight is 487 g/mol. The average Bonchev–Trinajstić information content (AvgIpc) is 2.66. The van der Waals surface area contributed by atoms with Crippen LogP contribution in [-0.4, -0.2) is 22.3 Å². The minimum atomic E-state index is -3.57. The normalized spacial score (nSPS) is 32.8. The molecule has 4 nitrogen and oxygen atoms in total. The van der Waals surface area contributed by atoms with Crippen LogP contribution in [0.2, 0.25) is 0 Å². The van der Waals surface area contributed by atoms with Gasteiger partial charge in [0.1, 0.15) is 4.99 Å². The maximum Gasteiger partial charge on any atom is 0.344 e. The van der Waals surface area contributed by atoms with Crippen molar-refractivity contribution in [2.24, 2.45) is 35.5 Å². The van der Waals surface area contributed by atoms with E-state index >= 15 is 0 Å². The number of allylic oxidation sites excluding steroid dienone is 1. The van der Waals surface area contributed by atoms with Gasteiger partial charge in [-0.25, -0.2) is 0 Å². The van der Waals surface area contributed by atoms with Crippen molar-refractivity contribution in [3.63, 3.8) is 0 Å². The molecule has 0 radical (unpaired) electrons. The fraction of sp³-hybridized carbons (Fsp3) is 0.885. The summed E-state index contributed by atoms with van der Waals surface area (Å²) in [6, 6.07) is 0. The molecule has 0 heterocycles. The van der Waals surface area contributed by atoms with Crippen LogP contribution < -0.4 is 0 Å². The van der Waals surface area contributed by atoms with Gasteiger partial charge < -0.3 is 9.05 Å². The molecule has 2 aliphatic rings. The van der Waals surface area contributed by atoms with Crippen LogP contribution in [0.5, 0.6) is 0 Å². The first-order chi connectivity index (χ1) is 15.0. The minimum Gasteiger partial charge on any atom is -0.304 e. The molecule has 6 heteroatoms. The summed E-state index contributed by atoms with van der Waals surface area (Å²) in [4.78, 5) is 11.6. The summed E-state index contributed by atoms with van der Waals surface area (Å²) in [5.41, 5.74) is 0. The summed E-state index contributed by atoms with van der Waals surface area (Å²) in [5.74, 6) is 2.72. The molecule has 0 unspecified atom stereocenters. The van der Waals surface area contributed by atoms with Crippen molar-refractivity contribution < 1.29 is 18.4 Å². The first kappa shape index (κ1) is 28.1. The van der Waals surface area contributed by atoms with Gasteiger partial charge in [-0.3, -0.25) is 9.36 Å². The fourth-order valence-corrected chi connectivity index (χ4v) is 9.43. The zero-order chi connectivity index (χ0) is 24.1. The first-order valence-electron chi connectivity index (χ1n) is 12.7. The number of hydrogen-bond acceptors (Lipinski definition) is 5. The summed E-state index contributed by atoms with van der Waals surface area (Å²) in [6.07, 6.45) is 8.33. The highest BCUT2D eigenvalue weighted by atomic mass is 32.2. The van der Waals surface area contributed by atoms with Crippen LogP contribution in [0.15, 0.2) is 12.7 Å². The Morgan fingerprint density at radius 1 is 0.969 bits per heavy atom. The maximum absolute atomic E-state index is 14.7. The predicted octanol–water partition coefficient (Wildman–Crippen LogP) is 8.32. The molecule has 0 aliphatic heterocycles. The lowest BCUT2D eigenvalue weighted by atomic mass is 9.75. The van der Waals surface area contributed by atoms with E-state index in [1.54, 1.807) is 6.08 Å². The van der Waals surface area contributed by atoms with Gasteiger partial charge in [0.05, 0.1) is 12.2 Å². The molecule has 0 aromatic heterocycles. The third kappa shape index (κ3) is 7.72. The molecular formula is C26H47O4PS. The van der Waals surface area contributed by atoms with E-state index in [4.69, 9.17) is 9.05 Å². The Kier molecular flexibility index (Phi) is 11.1. The van der Waals surface area contributed by atoms with Crippen molar-refractivity contribution in [3.8, 4) is 0 Å². The standard InChI is InChI=1S/C26H47O4PS/c1-9-10-26(32-21(8)27)31(28,29-24-15-19(6)11-13-22(24)17(2)3)30-25-16-20(7)12-14-23(25)18(4)5/h9,17-20,22-26H,1,10-16H2,2-8H3/t19-,20-,22+,23+,24-,25-,26+/m1/s1. The van der Waals surface area contributed by atoms with Gasteiger partial charge in [0.15, 0.2) is 5.12 Å². The quantitative estimate of drug-likeness (QED) is 0.229. The Hall–Kier alpha value is -0.0900. The van der Waals surface area contributed by atoms with Crippen LogP contribution in [-0.2, 0) is 18.4 Å². The Balaban J connectivity index is 2.39. The van der Waals surface area contributed by atoms with Gasteiger partial charge in [-0.05, 0) is 67.6 Å². The van der Waals surface area contributed by atoms with E-state index in [1.165, 1.54) is 19.8 Å². The van der Waals surface area contributed by atoms with E-state index in [-0.39, 0.29) is 17.3 Å². The van der Waals surface area contributed by atoms with Crippen LogP contribution in [0.25, 0.3) is 0 Å². The van der Waals surface area contributed by atoms with E-state index < -0.39 is 12.6 Å². The van der Waals surface area contributed by atoms with Crippen LogP contribution in [0.4, 0.5) is 0 Å². The molecule has 2 saturated carbocycles. The minimum absolute atomic E-state index is 0.0564. The van der Waals surface area contributed by atoms with Gasteiger partial charge in [-0.2, -0.15) is 0 Å². The van der Waals surface area contributed by atoms with Gasteiger partial charge in [-0.15, -0.1) is 6.58 Å². The lowest BCUT2D eigenvalue weighted by molar-refractivity contribution is -0.109. The second kappa shape index (κ2) is 12.6. The third-order valence-corrected chi connectivity index (χ3v) is 11.4. The van der Waals surface area contributed by atoms with Crippen LogP contribution in [0.3, 0.4) is 0 Å². The van der Waals surface area contributed by atoms with Crippen molar-refractivity contribution in [2.75, 3.05) is 0 Å². The highest BCUT2D eigenvalue weighted by molar-refractivity contribution is 8.18. The van der Waals surface area contributed by atoms with Crippen LogP contribution in [0.1, 0.15) is 93.4 Å². The Morgan fingerprint density at radius 3 is 1.75 bits per heavy atom. The summed E-state index contributed by atoms with van der Waals surface area (Å²) < 4.78 is 27.9. The topological polar surface area (TPSA) is 52.6 Å². The summed E-state index contributed by atoms with van der Waals surface area (Å²) >= 11 is 1.11. The van der Waals surface area contributed by atoms with Gasteiger partial charge in [-0.1, -0.05) is 72.2 Å². The lowest BCUT2D eigenvalue weighted by Gasteiger charge is -2.43. The Labute approximate surface area is 201 Å². The Morgan fingerprint density at radius 2 is 1.41 bits per heavy atom. The molecule has 0 aromatic carbocycles. The van der Waals surface area contributed by atoms with Crippen molar-refractivity contribution in [1.82, 2.24) is 0 Å². The van der Waals surface area contributed by atoms with Crippen molar-refractivity contribution in [2.45, 2.75) is 111 Å². The predicted molar refractivity (Wildman–Crippen MR) is 137 cm³/mol. The number of hydrogen-bond donors (Lipinski definition) is 0. The molecule has 0 bridgehead atoms. The second-order valence-corrected chi connectivity index (χ2v) is 14.9. The number of thioether (sulfide) groups is 1. The van der Waals surface area contributed by atoms with Crippen molar-refractivity contribution in [3.05, 3.63) is 12.7 Å². The molecule has 2 aliphatic carbocycles. The highest BCUT2D eigenvalue weighted by Gasteiger charge is 2.46. The van der Waals surface area contributed by atoms with Crippen molar-refractivity contribution >= 4 is 24.5 Å².